The van der Waals surface area contributed by atoms with Gasteiger partial charge in [0.2, 0.25) is 11.8 Å². The Bertz CT molecular complexity index is 233. The van der Waals surface area contributed by atoms with E-state index in [-0.39, 0.29) is 29.7 Å². The molecule has 0 radical (unpaired) electrons. The largest absolute Gasteiger partial charge is 0.315 e. The maximum absolute atomic E-state index is 11.7. The molecular weight excluding hydrogens is 180 g/mol. The molecule has 0 saturated carbocycles. The predicted molar refractivity (Wildman–Crippen MR) is 53.6 cm³/mol. The number of nitrogens with one attached hydrogen (secondary N) is 1. The van der Waals surface area contributed by atoms with Gasteiger partial charge in [-0.25, -0.2) is 0 Å². The summed E-state index contributed by atoms with van der Waals surface area (Å²) in [4.78, 5) is 24.7. The van der Waals surface area contributed by atoms with Gasteiger partial charge in [0, 0.05) is 24.4 Å². The molecule has 2 amide bonds. The van der Waals surface area contributed by atoms with Gasteiger partial charge >= 0.3 is 0 Å². The van der Waals surface area contributed by atoms with E-state index in [0.717, 1.165) is 0 Å². The Balaban J connectivity index is 2.70. The average molecular weight is 198 g/mol. The molecule has 3 atom stereocenters. The molecule has 4 nitrogen and oxygen atoms in total. The molecule has 0 aromatic heterocycles. The Morgan fingerprint density at radius 3 is 2.07 bits per heavy atom. The highest BCUT2D eigenvalue weighted by molar-refractivity contribution is 6.04. The van der Waals surface area contributed by atoms with Crippen molar-refractivity contribution in [3.63, 3.8) is 0 Å². The van der Waals surface area contributed by atoms with E-state index in [9.17, 15) is 9.59 Å². The zero-order chi connectivity index (χ0) is 10.9. The Morgan fingerprint density at radius 2 is 1.71 bits per heavy atom. The zero-order valence-corrected chi connectivity index (χ0v) is 9.20. The topological polar surface area (TPSA) is 49.4 Å². The molecule has 1 N–H and O–H groups in total. The van der Waals surface area contributed by atoms with Gasteiger partial charge in [-0.1, -0.05) is 13.8 Å². The minimum atomic E-state index is -0.161. The molecule has 0 aromatic carbocycles. The van der Waals surface area contributed by atoms with Crippen LogP contribution in [-0.2, 0) is 9.59 Å². The van der Waals surface area contributed by atoms with Crippen LogP contribution in [0.3, 0.4) is 0 Å². The number of nitrogens with zero attached hydrogens (tertiary/aromatic N) is 1. The third kappa shape index (κ3) is 1.80. The Labute approximate surface area is 84.7 Å². The molecular formula is C10H18N2O2. The predicted octanol–water partition coefficient (Wildman–Crippen LogP) is 0.235. The maximum atomic E-state index is 11.7. The zero-order valence-electron chi connectivity index (χ0n) is 9.20. The van der Waals surface area contributed by atoms with Crippen LogP contribution in [0.15, 0.2) is 0 Å². The van der Waals surface area contributed by atoms with Crippen LogP contribution < -0.4 is 5.32 Å². The van der Waals surface area contributed by atoms with E-state index < -0.39 is 0 Å². The van der Waals surface area contributed by atoms with Crippen LogP contribution >= 0.6 is 0 Å². The summed E-state index contributed by atoms with van der Waals surface area (Å²) in [7, 11) is 1.82. The number of hydrogen-bond acceptors (Lipinski definition) is 3. The van der Waals surface area contributed by atoms with Crippen molar-refractivity contribution in [3.8, 4) is 0 Å². The van der Waals surface area contributed by atoms with Gasteiger partial charge in [0.1, 0.15) is 0 Å². The molecule has 1 saturated heterocycles. The first-order valence-electron chi connectivity index (χ1n) is 5.01. The van der Waals surface area contributed by atoms with Gasteiger partial charge in [0.25, 0.3) is 0 Å². The number of likely N-dealkylation sites (N-methyl/N-ethyl adjacent to an activating group) is 1. The van der Waals surface area contributed by atoms with Crippen LogP contribution in [0.2, 0.25) is 0 Å². The van der Waals surface area contributed by atoms with E-state index in [1.54, 1.807) is 0 Å². The van der Waals surface area contributed by atoms with Crippen molar-refractivity contribution in [2.24, 2.45) is 11.8 Å². The molecule has 3 unspecified atom stereocenters. The molecule has 1 heterocycles. The molecule has 1 aliphatic heterocycles. The molecule has 0 bridgehead atoms. The van der Waals surface area contributed by atoms with Crippen LogP contribution in [-0.4, -0.2) is 36.3 Å². The molecule has 0 spiro atoms. The molecule has 1 fully saturated rings. The van der Waals surface area contributed by atoms with Crippen molar-refractivity contribution in [2.75, 3.05) is 13.6 Å². The normalized spacial score (nSPS) is 29.9. The van der Waals surface area contributed by atoms with Gasteiger partial charge in [-0.3, -0.25) is 14.5 Å². The second kappa shape index (κ2) is 4.09. The Hall–Kier alpha value is -0.900. The van der Waals surface area contributed by atoms with Gasteiger partial charge in [-0.2, -0.15) is 0 Å². The van der Waals surface area contributed by atoms with Gasteiger partial charge in [0.05, 0.1) is 0 Å². The highest BCUT2D eigenvalue weighted by Gasteiger charge is 2.42. The molecule has 1 rings (SSSR count). The first-order valence-corrected chi connectivity index (χ1v) is 5.01. The van der Waals surface area contributed by atoms with Crippen LogP contribution in [0.25, 0.3) is 0 Å². The third-order valence-electron chi connectivity index (χ3n) is 3.01. The average Bonchev–Trinajstić information content (AvgIpc) is 2.35. The second-order valence-corrected chi connectivity index (χ2v) is 4.05. The quantitative estimate of drug-likeness (QED) is 0.661. The summed E-state index contributed by atoms with van der Waals surface area (Å²) in [6.07, 6.45) is 0. The lowest BCUT2D eigenvalue weighted by atomic mass is 10.00. The third-order valence-corrected chi connectivity index (χ3v) is 3.01. The minimum absolute atomic E-state index is 0.0374. The summed E-state index contributed by atoms with van der Waals surface area (Å²) in [6, 6.07) is 0.153. The SMILES string of the molecule is CNC(C)CN1C(=O)C(C)C(C)C1=O. The number of carbonyl (C=O) groups is 2. The molecule has 4 heteroatoms. The molecule has 80 valence electrons. The van der Waals surface area contributed by atoms with Crippen LogP contribution in [0, 0.1) is 11.8 Å². The van der Waals surface area contributed by atoms with Gasteiger partial charge in [-0.15, -0.1) is 0 Å². The molecule has 1 aliphatic rings. The summed E-state index contributed by atoms with van der Waals surface area (Å²) in [6.45, 7) is 6.06. The van der Waals surface area contributed by atoms with Crippen molar-refractivity contribution in [2.45, 2.75) is 26.8 Å². The minimum Gasteiger partial charge on any atom is -0.315 e. The smallest absolute Gasteiger partial charge is 0.232 e. The van der Waals surface area contributed by atoms with Crippen molar-refractivity contribution >= 4 is 11.8 Å². The number of amides is 2. The summed E-state index contributed by atoms with van der Waals surface area (Å²) in [5.74, 6) is -0.396. The molecule has 0 aromatic rings. The number of likely N-dealkylation sites (tertiary alicyclic amines) is 1. The lowest BCUT2D eigenvalue weighted by molar-refractivity contribution is -0.140. The lowest BCUT2D eigenvalue weighted by Crippen LogP contribution is -2.41. The summed E-state index contributed by atoms with van der Waals surface area (Å²) < 4.78 is 0. The highest BCUT2D eigenvalue weighted by Crippen LogP contribution is 2.25. The van der Waals surface area contributed by atoms with Gasteiger partial charge in [0.15, 0.2) is 0 Å². The van der Waals surface area contributed by atoms with E-state index in [0.29, 0.717) is 6.54 Å². The van der Waals surface area contributed by atoms with Crippen LogP contribution in [0.5, 0.6) is 0 Å². The second-order valence-electron chi connectivity index (χ2n) is 4.05. The standard InChI is InChI=1S/C10H18N2O2/c1-6(11-4)5-12-9(13)7(2)8(3)10(12)14/h6-8,11H,5H2,1-4H3. The fourth-order valence-corrected chi connectivity index (χ4v) is 1.57. The number of hydrogen-bond donors (Lipinski definition) is 1. The van der Waals surface area contributed by atoms with Gasteiger partial charge in [-0.05, 0) is 14.0 Å². The maximum Gasteiger partial charge on any atom is 0.232 e. The van der Waals surface area contributed by atoms with E-state index in [1.165, 1.54) is 4.90 Å². The van der Waals surface area contributed by atoms with Crippen LogP contribution in [0.1, 0.15) is 20.8 Å². The van der Waals surface area contributed by atoms with E-state index in [2.05, 4.69) is 5.32 Å². The summed E-state index contributed by atoms with van der Waals surface area (Å²) in [5, 5.41) is 3.02. The number of rotatable bonds is 3. The Morgan fingerprint density at radius 1 is 1.29 bits per heavy atom. The van der Waals surface area contributed by atoms with Gasteiger partial charge < -0.3 is 5.32 Å². The van der Waals surface area contributed by atoms with Crippen molar-refractivity contribution in [1.82, 2.24) is 10.2 Å². The number of carbonyl (C=O) groups excluding carboxylic acids is 2. The summed E-state index contributed by atoms with van der Waals surface area (Å²) >= 11 is 0. The monoisotopic (exact) mass is 198 g/mol. The summed E-state index contributed by atoms with van der Waals surface area (Å²) in [5.41, 5.74) is 0. The fourth-order valence-electron chi connectivity index (χ4n) is 1.57. The molecule has 0 aliphatic carbocycles. The fraction of sp³-hybridized carbons (Fsp3) is 0.800. The lowest BCUT2D eigenvalue weighted by Gasteiger charge is -2.19. The first kappa shape index (κ1) is 11.2. The van der Waals surface area contributed by atoms with Crippen molar-refractivity contribution in [1.29, 1.82) is 0 Å². The molecule has 14 heavy (non-hydrogen) atoms. The first-order chi connectivity index (χ1) is 6.49. The van der Waals surface area contributed by atoms with E-state index in [1.807, 2.05) is 27.8 Å². The number of imide groups is 1. The Kier molecular flexibility index (Phi) is 3.26. The van der Waals surface area contributed by atoms with E-state index >= 15 is 0 Å². The highest BCUT2D eigenvalue weighted by atomic mass is 16.2. The van der Waals surface area contributed by atoms with Crippen LogP contribution in [0.4, 0.5) is 0 Å². The van der Waals surface area contributed by atoms with Crippen molar-refractivity contribution in [3.05, 3.63) is 0 Å². The van der Waals surface area contributed by atoms with Crippen molar-refractivity contribution < 1.29 is 9.59 Å². The van der Waals surface area contributed by atoms with E-state index in [4.69, 9.17) is 0 Å².